The Morgan fingerprint density at radius 1 is 1.24 bits per heavy atom. The normalized spacial score (nSPS) is 19.6. The number of aromatic nitrogens is 2. The minimum Gasteiger partial charge on any atom is -0.353 e. The summed E-state index contributed by atoms with van der Waals surface area (Å²) < 4.78 is 0. The zero-order valence-electron chi connectivity index (χ0n) is 16.7. The fourth-order valence-electron chi connectivity index (χ4n) is 4.30. The van der Waals surface area contributed by atoms with Crippen molar-refractivity contribution in [1.29, 1.82) is 5.26 Å². The second-order valence-corrected chi connectivity index (χ2v) is 7.93. The Morgan fingerprint density at radius 3 is 2.66 bits per heavy atom. The third-order valence-corrected chi connectivity index (χ3v) is 6.00. The van der Waals surface area contributed by atoms with E-state index in [1.54, 1.807) is 18.5 Å². The first-order valence-corrected chi connectivity index (χ1v) is 10.2. The van der Waals surface area contributed by atoms with Crippen LogP contribution in [-0.4, -0.2) is 53.0 Å². The topological polar surface area (TPSA) is 99.1 Å². The SMILES string of the molecule is CC1CCc2ncnc(N3CCN(C(=O)C(N)Cc4ccc(C#N)cc4)CC3)c21. The molecule has 1 saturated heterocycles. The highest BCUT2D eigenvalue weighted by Gasteiger charge is 2.30. The Kier molecular flexibility index (Phi) is 5.45. The molecule has 0 saturated carbocycles. The average Bonchev–Trinajstić information content (AvgIpc) is 3.15. The molecule has 0 bridgehead atoms. The van der Waals surface area contributed by atoms with Crippen LogP contribution in [0.2, 0.25) is 0 Å². The van der Waals surface area contributed by atoms with E-state index in [4.69, 9.17) is 11.0 Å². The Bertz CT molecular complexity index is 927. The fourth-order valence-corrected chi connectivity index (χ4v) is 4.30. The maximum Gasteiger partial charge on any atom is 0.239 e. The number of piperazine rings is 1. The van der Waals surface area contributed by atoms with Gasteiger partial charge in [-0.1, -0.05) is 19.1 Å². The van der Waals surface area contributed by atoms with Gasteiger partial charge in [0.15, 0.2) is 0 Å². The van der Waals surface area contributed by atoms with Gasteiger partial charge >= 0.3 is 0 Å². The molecule has 1 aromatic carbocycles. The zero-order valence-corrected chi connectivity index (χ0v) is 16.7. The van der Waals surface area contributed by atoms with E-state index in [0.29, 0.717) is 31.0 Å². The summed E-state index contributed by atoms with van der Waals surface area (Å²) in [6.45, 7) is 5.04. The average molecular weight is 390 g/mol. The first-order valence-electron chi connectivity index (χ1n) is 10.2. The van der Waals surface area contributed by atoms with Crippen LogP contribution in [0.5, 0.6) is 0 Å². The van der Waals surface area contributed by atoms with Crippen molar-refractivity contribution in [2.24, 2.45) is 5.73 Å². The molecule has 1 aliphatic heterocycles. The molecule has 2 atom stereocenters. The molecule has 1 aromatic heterocycles. The third kappa shape index (κ3) is 3.94. The van der Waals surface area contributed by atoms with Gasteiger partial charge in [-0.05, 0) is 42.9 Å². The molecule has 1 aliphatic carbocycles. The molecule has 7 nitrogen and oxygen atoms in total. The number of nitrogens with two attached hydrogens (primary N) is 1. The molecule has 2 heterocycles. The largest absolute Gasteiger partial charge is 0.353 e. The number of benzene rings is 1. The lowest BCUT2D eigenvalue weighted by Crippen LogP contribution is -2.54. The van der Waals surface area contributed by atoms with Crippen molar-refractivity contribution in [2.75, 3.05) is 31.1 Å². The molecule has 1 fully saturated rings. The zero-order chi connectivity index (χ0) is 20.4. The van der Waals surface area contributed by atoms with E-state index in [0.717, 1.165) is 37.3 Å². The number of carbonyl (C=O) groups excluding carboxylic acids is 1. The number of anilines is 1. The lowest BCUT2D eigenvalue weighted by atomic mass is 10.0. The maximum atomic E-state index is 12.8. The molecule has 7 heteroatoms. The van der Waals surface area contributed by atoms with Crippen molar-refractivity contribution in [2.45, 2.75) is 38.1 Å². The van der Waals surface area contributed by atoms with Gasteiger partial charge in [-0.25, -0.2) is 9.97 Å². The third-order valence-electron chi connectivity index (χ3n) is 6.00. The molecule has 2 N–H and O–H groups in total. The van der Waals surface area contributed by atoms with Gasteiger partial charge in [-0.15, -0.1) is 0 Å². The van der Waals surface area contributed by atoms with Crippen molar-refractivity contribution in [3.05, 3.63) is 53.0 Å². The molecule has 2 aromatic rings. The Hall–Kier alpha value is -2.98. The summed E-state index contributed by atoms with van der Waals surface area (Å²) >= 11 is 0. The Morgan fingerprint density at radius 2 is 1.97 bits per heavy atom. The van der Waals surface area contributed by atoms with E-state index in [9.17, 15) is 4.79 Å². The van der Waals surface area contributed by atoms with Crippen LogP contribution in [0.25, 0.3) is 0 Å². The number of hydrogen-bond donors (Lipinski definition) is 1. The van der Waals surface area contributed by atoms with Crippen LogP contribution in [0.15, 0.2) is 30.6 Å². The van der Waals surface area contributed by atoms with E-state index >= 15 is 0 Å². The van der Waals surface area contributed by atoms with E-state index in [1.807, 2.05) is 17.0 Å². The molecule has 150 valence electrons. The summed E-state index contributed by atoms with van der Waals surface area (Å²) in [5.74, 6) is 1.51. The van der Waals surface area contributed by atoms with Crippen LogP contribution >= 0.6 is 0 Å². The predicted octanol–water partition coefficient (Wildman–Crippen LogP) is 1.62. The molecule has 0 radical (unpaired) electrons. The van der Waals surface area contributed by atoms with E-state index in [1.165, 1.54) is 11.3 Å². The Balaban J connectivity index is 1.36. The number of fused-ring (bicyclic) bond motifs is 1. The molecule has 1 amide bonds. The molecule has 2 aliphatic rings. The van der Waals surface area contributed by atoms with Gasteiger partial charge in [0.05, 0.1) is 17.7 Å². The summed E-state index contributed by atoms with van der Waals surface area (Å²) in [6, 6.07) is 8.76. The number of nitriles is 1. The van der Waals surface area contributed by atoms with Gasteiger partial charge in [-0.3, -0.25) is 4.79 Å². The molecule has 29 heavy (non-hydrogen) atoms. The highest BCUT2D eigenvalue weighted by atomic mass is 16.2. The van der Waals surface area contributed by atoms with Gasteiger partial charge < -0.3 is 15.5 Å². The van der Waals surface area contributed by atoms with Crippen LogP contribution < -0.4 is 10.6 Å². The van der Waals surface area contributed by atoms with E-state index in [2.05, 4.69) is 27.9 Å². The molecule has 2 unspecified atom stereocenters. The molecule has 4 rings (SSSR count). The van der Waals surface area contributed by atoms with E-state index in [-0.39, 0.29) is 5.91 Å². The second kappa shape index (κ2) is 8.18. The minimum absolute atomic E-state index is 0.0182. The van der Waals surface area contributed by atoms with Gasteiger partial charge in [0.1, 0.15) is 12.1 Å². The van der Waals surface area contributed by atoms with Crippen LogP contribution in [0.1, 0.15) is 41.6 Å². The molecular formula is C22H26N6O. The van der Waals surface area contributed by atoms with Crippen LogP contribution in [0.4, 0.5) is 5.82 Å². The number of aryl methyl sites for hydroxylation is 1. The minimum atomic E-state index is -0.571. The van der Waals surface area contributed by atoms with Crippen LogP contribution in [0.3, 0.4) is 0 Å². The fraction of sp³-hybridized carbons (Fsp3) is 0.455. The van der Waals surface area contributed by atoms with Crippen molar-refractivity contribution >= 4 is 11.7 Å². The van der Waals surface area contributed by atoms with Crippen molar-refractivity contribution in [1.82, 2.24) is 14.9 Å². The van der Waals surface area contributed by atoms with Crippen molar-refractivity contribution < 1.29 is 4.79 Å². The number of amides is 1. The lowest BCUT2D eigenvalue weighted by Gasteiger charge is -2.37. The molecular weight excluding hydrogens is 364 g/mol. The standard InChI is InChI=1S/C22H26N6O/c1-15-2-7-19-20(15)21(26-14-25-19)27-8-10-28(11-9-27)22(29)18(24)12-16-3-5-17(13-23)6-4-16/h3-6,14-15,18H,2,7-12,24H2,1H3. The summed E-state index contributed by atoms with van der Waals surface area (Å²) in [4.78, 5) is 26.0. The first kappa shape index (κ1) is 19.3. The number of nitrogens with zero attached hydrogens (tertiary/aromatic N) is 5. The second-order valence-electron chi connectivity index (χ2n) is 7.93. The number of rotatable bonds is 4. The monoisotopic (exact) mass is 390 g/mol. The summed E-state index contributed by atoms with van der Waals surface area (Å²) in [5, 5.41) is 8.89. The van der Waals surface area contributed by atoms with Gasteiger partial charge in [0, 0.05) is 37.4 Å². The van der Waals surface area contributed by atoms with Crippen molar-refractivity contribution in [3.8, 4) is 6.07 Å². The van der Waals surface area contributed by atoms with Crippen molar-refractivity contribution in [3.63, 3.8) is 0 Å². The molecule has 0 spiro atoms. The number of carbonyl (C=O) groups is 1. The summed E-state index contributed by atoms with van der Waals surface area (Å²) in [5.41, 5.74) is 10.2. The summed E-state index contributed by atoms with van der Waals surface area (Å²) in [6.07, 6.45) is 4.29. The first-order chi connectivity index (χ1) is 14.1. The lowest BCUT2D eigenvalue weighted by molar-refractivity contribution is -0.132. The van der Waals surface area contributed by atoms with Gasteiger partial charge in [-0.2, -0.15) is 5.26 Å². The van der Waals surface area contributed by atoms with Gasteiger partial charge in [0.25, 0.3) is 0 Å². The van der Waals surface area contributed by atoms with Gasteiger partial charge in [0.2, 0.25) is 5.91 Å². The highest BCUT2D eigenvalue weighted by molar-refractivity contribution is 5.82. The Labute approximate surface area is 171 Å². The smallest absolute Gasteiger partial charge is 0.239 e. The maximum absolute atomic E-state index is 12.8. The number of hydrogen-bond acceptors (Lipinski definition) is 6. The van der Waals surface area contributed by atoms with Crippen LogP contribution in [0, 0.1) is 11.3 Å². The highest BCUT2D eigenvalue weighted by Crippen LogP contribution is 2.37. The van der Waals surface area contributed by atoms with E-state index < -0.39 is 6.04 Å². The predicted molar refractivity (Wildman–Crippen MR) is 110 cm³/mol. The summed E-state index contributed by atoms with van der Waals surface area (Å²) in [7, 11) is 0. The quantitative estimate of drug-likeness (QED) is 0.852. The van der Waals surface area contributed by atoms with Crippen LogP contribution in [-0.2, 0) is 17.6 Å².